The second-order valence-corrected chi connectivity index (χ2v) is 8.43. The molecule has 5 rings (SSSR count). The van der Waals surface area contributed by atoms with E-state index in [1.807, 2.05) is 53.5 Å². The van der Waals surface area contributed by atoms with Gasteiger partial charge < -0.3 is 10.5 Å². The van der Waals surface area contributed by atoms with Crippen molar-refractivity contribution >= 4 is 5.78 Å². The van der Waals surface area contributed by atoms with Crippen molar-refractivity contribution in [3.63, 3.8) is 0 Å². The van der Waals surface area contributed by atoms with Gasteiger partial charge in [0.05, 0.1) is 30.8 Å². The number of nitriles is 1. The first-order valence-corrected chi connectivity index (χ1v) is 11.1. The maximum absolute atomic E-state index is 13.7. The highest BCUT2D eigenvalue weighted by atomic mass is 16.5. The van der Waals surface area contributed by atoms with Gasteiger partial charge >= 0.3 is 0 Å². The number of carbonyl (C=O) groups excluding carboxylic acids is 1. The van der Waals surface area contributed by atoms with E-state index in [0.717, 1.165) is 16.8 Å². The SMILES string of the molecule is N#CC1=C(N)N(N2CCOCC2)C2=C(C(=O)C[C@H](c3ccccc3)C2)[C@H]1c1ccccc1. The van der Waals surface area contributed by atoms with Crippen molar-refractivity contribution < 1.29 is 9.53 Å². The molecule has 6 heteroatoms. The van der Waals surface area contributed by atoms with E-state index in [9.17, 15) is 10.1 Å². The van der Waals surface area contributed by atoms with Crippen molar-refractivity contribution in [2.24, 2.45) is 5.73 Å². The molecule has 0 unspecified atom stereocenters. The van der Waals surface area contributed by atoms with Gasteiger partial charge in [-0.05, 0) is 23.5 Å². The minimum Gasteiger partial charge on any atom is -0.383 e. The van der Waals surface area contributed by atoms with Gasteiger partial charge in [-0.1, -0.05) is 60.7 Å². The van der Waals surface area contributed by atoms with Gasteiger partial charge in [-0.2, -0.15) is 5.26 Å². The third-order valence-electron chi connectivity index (χ3n) is 6.61. The Bertz CT molecular complexity index is 1110. The first-order chi connectivity index (χ1) is 15.7. The summed E-state index contributed by atoms with van der Waals surface area (Å²) in [6, 6.07) is 22.3. The highest BCUT2D eigenvalue weighted by molar-refractivity contribution is 6.00. The van der Waals surface area contributed by atoms with Crippen LogP contribution in [0.2, 0.25) is 0 Å². The molecule has 2 aromatic carbocycles. The number of morpholine rings is 1. The Kier molecular flexibility index (Phi) is 5.52. The van der Waals surface area contributed by atoms with Gasteiger partial charge in [0.25, 0.3) is 0 Å². The molecule has 32 heavy (non-hydrogen) atoms. The highest BCUT2D eigenvalue weighted by Gasteiger charge is 2.44. The lowest BCUT2D eigenvalue weighted by Crippen LogP contribution is -2.52. The van der Waals surface area contributed by atoms with Crippen LogP contribution in [0.25, 0.3) is 0 Å². The molecule has 2 aliphatic heterocycles. The number of ketones is 1. The van der Waals surface area contributed by atoms with Crippen LogP contribution in [0.3, 0.4) is 0 Å². The lowest BCUT2D eigenvalue weighted by Gasteiger charge is -2.47. The highest BCUT2D eigenvalue weighted by Crippen LogP contribution is 2.48. The van der Waals surface area contributed by atoms with Gasteiger partial charge in [-0.15, -0.1) is 0 Å². The average molecular weight is 427 g/mol. The van der Waals surface area contributed by atoms with Crippen LogP contribution in [0, 0.1) is 11.3 Å². The van der Waals surface area contributed by atoms with Crippen LogP contribution < -0.4 is 5.73 Å². The number of carbonyl (C=O) groups is 1. The number of ether oxygens (including phenoxy) is 1. The minimum atomic E-state index is -0.433. The van der Waals surface area contributed by atoms with E-state index in [4.69, 9.17) is 10.5 Å². The molecule has 1 aliphatic carbocycles. The second kappa shape index (κ2) is 8.62. The number of allylic oxidation sites excluding steroid dienone is 3. The van der Waals surface area contributed by atoms with E-state index in [1.54, 1.807) is 0 Å². The smallest absolute Gasteiger partial charge is 0.162 e. The summed E-state index contributed by atoms with van der Waals surface area (Å²) in [7, 11) is 0. The third-order valence-corrected chi connectivity index (χ3v) is 6.61. The van der Waals surface area contributed by atoms with E-state index in [1.165, 1.54) is 0 Å². The Morgan fingerprint density at radius 2 is 1.56 bits per heavy atom. The van der Waals surface area contributed by atoms with Crippen LogP contribution in [0.5, 0.6) is 0 Å². The summed E-state index contributed by atoms with van der Waals surface area (Å²) in [5.74, 6) is 0.160. The zero-order chi connectivity index (χ0) is 22.1. The molecular weight excluding hydrogens is 400 g/mol. The van der Waals surface area contributed by atoms with Crippen LogP contribution in [0.4, 0.5) is 0 Å². The summed E-state index contributed by atoms with van der Waals surface area (Å²) in [6.07, 6.45) is 1.13. The maximum Gasteiger partial charge on any atom is 0.162 e. The second-order valence-electron chi connectivity index (χ2n) is 8.43. The fourth-order valence-electron chi connectivity index (χ4n) is 5.13. The molecule has 0 radical (unpaired) electrons. The zero-order valence-corrected chi connectivity index (χ0v) is 17.9. The number of hydrogen-bond acceptors (Lipinski definition) is 6. The molecule has 2 N–H and O–H groups in total. The summed E-state index contributed by atoms with van der Waals surface area (Å²) in [5.41, 5.74) is 10.8. The largest absolute Gasteiger partial charge is 0.383 e. The van der Waals surface area contributed by atoms with Crippen molar-refractivity contribution in [3.8, 4) is 6.07 Å². The molecular formula is C26H26N4O2. The molecule has 2 atom stereocenters. The molecule has 2 heterocycles. The number of hydrogen-bond donors (Lipinski definition) is 1. The number of benzene rings is 2. The summed E-state index contributed by atoms with van der Waals surface area (Å²) >= 11 is 0. The third kappa shape index (κ3) is 3.50. The molecule has 2 aromatic rings. The molecule has 3 aliphatic rings. The van der Waals surface area contributed by atoms with Gasteiger partial charge in [-0.3, -0.25) is 9.80 Å². The zero-order valence-electron chi connectivity index (χ0n) is 17.9. The van der Waals surface area contributed by atoms with Crippen LogP contribution in [-0.4, -0.2) is 42.1 Å². The summed E-state index contributed by atoms with van der Waals surface area (Å²) in [6.45, 7) is 2.51. The molecule has 0 amide bonds. The maximum atomic E-state index is 13.7. The number of nitrogens with zero attached hydrogens (tertiary/aromatic N) is 3. The predicted octanol–water partition coefficient (Wildman–Crippen LogP) is 3.43. The van der Waals surface area contributed by atoms with Crippen LogP contribution in [0.15, 0.2) is 83.3 Å². The quantitative estimate of drug-likeness (QED) is 0.810. The number of Topliss-reactive ketones (excluding diaryl/α,β-unsaturated/α-hetero) is 1. The number of nitrogens with two attached hydrogens (primary N) is 1. The molecule has 1 saturated heterocycles. The Morgan fingerprint density at radius 1 is 0.938 bits per heavy atom. The van der Waals surface area contributed by atoms with Crippen LogP contribution in [-0.2, 0) is 9.53 Å². The van der Waals surface area contributed by atoms with Crippen molar-refractivity contribution in [1.82, 2.24) is 10.0 Å². The van der Waals surface area contributed by atoms with Crippen LogP contribution >= 0.6 is 0 Å². The number of hydrazine groups is 1. The fraction of sp³-hybridized carbons (Fsp3) is 0.308. The Balaban J connectivity index is 1.66. The molecule has 0 bridgehead atoms. The van der Waals surface area contributed by atoms with E-state index >= 15 is 0 Å². The van der Waals surface area contributed by atoms with E-state index < -0.39 is 5.92 Å². The van der Waals surface area contributed by atoms with Crippen molar-refractivity contribution in [3.05, 3.63) is 94.5 Å². The average Bonchev–Trinajstić information content (AvgIpc) is 2.85. The molecule has 0 saturated carbocycles. The topological polar surface area (TPSA) is 82.6 Å². The standard InChI is InChI=1S/C26H26N4O2/c27-17-21-24(19-9-5-2-6-10-19)25-22(30(26(21)28)29-11-13-32-14-12-29)15-20(16-23(25)31)18-7-3-1-4-8-18/h1-10,20,24H,11-16,28H2/t20-,24+/m1/s1. The predicted molar refractivity (Wildman–Crippen MR) is 121 cm³/mol. The minimum absolute atomic E-state index is 0.0823. The van der Waals surface area contributed by atoms with Gasteiger partial charge in [0.1, 0.15) is 5.82 Å². The van der Waals surface area contributed by atoms with Gasteiger partial charge in [-0.25, -0.2) is 5.01 Å². The molecule has 0 aromatic heterocycles. The van der Waals surface area contributed by atoms with E-state index in [2.05, 4.69) is 23.2 Å². The number of rotatable bonds is 3. The molecule has 1 fully saturated rings. The van der Waals surface area contributed by atoms with Crippen molar-refractivity contribution in [1.29, 1.82) is 5.26 Å². The molecule has 162 valence electrons. The fourth-order valence-corrected chi connectivity index (χ4v) is 5.13. The monoisotopic (exact) mass is 426 g/mol. The summed E-state index contributed by atoms with van der Waals surface area (Å²) in [4.78, 5) is 13.7. The first kappa shape index (κ1) is 20.5. The molecule has 6 nitrogen and oxygen atoms in total. The van der Waals surface area contributed by atoms with Crippen molar-refractivity contribution in [2.75, 3.05) is 26.3 Å². The first-order valence-electron chi connectivity index (χ1n) is 11.1. The van der Waals surface area contributed by atoms with Gasteiger partial charge in [0.15, 0.2) is 5.78 Å². The summed E-state index contributed by atoms with van der Waals surface area (Å²) < 4.78 is 5.54. The van der Waals surface area contributed by atoms with Gasteiger partial charge in [0.2, 0.25) is 0 Å². The van der Waals surface area contributed by atoms with E-state index in [0.29, 0.717) is 56.1 Å². The summed E-state index contributed by atoms with van der Waals surface area (Å²) in [5, 5.41) is 14.2. The Labute approximate surface area is 188 Å². The van der Waals surface area contributed by atoms with Crippen LogP contribution in [0.1, 0.15) is 35.8 Å². The molecule has 0 spiro atoms. The van der Waals surface area contributed by atoms with Gasteiger partial charge in [0, 0.05) is 30.8 Å². The van der Waals surface area contributed by atoms with Crippen molar-refractivity contribution in [2.45, 2.75) is 24.7 Å². The van der Waals surface area contributed by atoms with E-state index in [-0.39, 0.29) is 11.7 Å². The lowest BCUT2D eigenvalue weighted by molar-refractivity contribution is -0.117. The normalized spacial score (nSPS) is 24.3. The lowest BCUT2D eigenvalue weighted by atomic mass is 9.72. The Hall–Kier alpha value is -3.40. The Morgan fingerprint density at radius 3 is 2.19 bits per heavy atom.